The topological polar surface area (TPSA) is 51.8 Å². The molecule has 58 valence electrons. The van der Waals surface area contributed by atoms with E-state index < -0.39 is 0 Å². The standard InChI is InChI=1S/C7H9N3S/c1-5-6(4-7(8)11)10-3-2-9-5/h2-3H,4H2,1H3,(H2,8,11). The molecule has 1 rings (SSSR count). The lowest BCUT2D eigenvalue weighted by atomic mass is 10.2. The van der Waals surface area contributed by atoms with Crippen LogP contribution in [-0.4, -0.2) is 15.0 Å². The van der Waals surface area contributed by atoms with Crippen LogP contribution in [0.3, 0.4) is 0 Å². The van der Waals surface area contributed by atoms with Gasteiger partial charge in [-0.1, -0.05) is 12.2 Å². The summed E-state index contributed by atoms with van der Waals surface area (Å²) in [4.78, 5) is 8.60. The van der Waals surface area contributed by atoms with Crippen LogP contribution >= 0.6 is 12.2 Å². The van der Waals surface area contributed by atoms with Crippen LogP contribution < -0.4 is 5.73 Å². The van der Waals surface area contributed by atoms with Crippen LogP contribution in [0.15, 0.2) is 12.4 Å². The Kier molecular flexibility index (Phi) is 2.48. The first kappa shape index (κ1) is 8.07. The Hall–Kier alpha value is -1.03. The molecule has 1 heterocycles. The minimum Gasteiger partial charge on any atom is -0.393 e. The van der Waals surface area contributed by atoms with Gasteiger partial charge in [0, 0.05) is 18.8 Å². The van der Waals surface area contributed by atoms with E-state index in [1.54, 1.807) is 12.4 Å². The number of aromatic nitrogens is 2. The van der Waals surface area contributed by atoms with E-state index in [0.717, 1.165) is 11.4 Å². The highest BCUT2D eigenvalue weighted by atomic mass is 32.1. The fourth-order valence-electron chi connectivity index (χ4n) is 0.775. The quantitative estimate of drug-likeness (QED) is 0.656. The number of hydrogen-bond donors (Lipinski definition) is 1. The SMILES string of the molecule is Cc1nccnc1CC(N)=S. The Morgan fingerprint density at radius 1 is 1.55 bits per heavy atom. The van der Waals surface area contributed by atoms with Crippen LogP contribution in [0.5, 0.6) is 0 Å². The highest BCUT2D eigenvalue weighted by molar-refractivity contribution is 7.80. The molecular weight excluding hydrogens is 158 g/mol. The summed E-state index contributed by atoms with van der Waals surface area (Å²) < 4.78 is 0. The van der Waals surface area contributed by atoms with Crippen LogP contribution in [0.25, 0.3) is 0 Å². The van der Waals surface area contributed by atoms with Gasteiger partial charge in [-0.25, -0.2) is 0 Å². The maximum atomic E-state index is 5.36. The van der Waals surface area contributed by atoms with Crippen molar-refractivity contribution in [2.75, 3.05) is 0 Å². The maximum absolute atomic E-state index is 5.36. The molecule has 2 N–H and O–H groups in total. The lowest BCUT2D eigenvalue weighted by molar-refractivity contribution is 1.02. The number of thiocarbonyl (C=S) groups is 1. The van der Waals surface area contributed by atoms with Crippen LogP contribution in [0.4, 0.5) is 0 Å². The minimum absolute atomic E-state index is 0.452. The average molecular weight is 167 g/mol. The van der Waals surface area contributed by atoms with Crippen molar-refractivity contribution < 1.29 is 0 Å². The first-order valence-corrected chi connectivity index (χ1v) is 3.66. The van der Waals surface area contributed by atoms with Crippen LogP contribution in [0.1, 0.15) is 11.4 Å². The van der Waals surface area contributed by atoms with E-state index in [1.165, 1.54) is 0 Å². The molecular formula is C7H9N3S. The summed E-state index contributed by atoms with van der Waals surface area (Å²) in [6.07, 6.45) is 3.83. The Bertz CT molecular complexity index is 272. The molecule has 0 bridgehead atoms. The van der Waals surface area contributed by atoms with Gasteiger partial charge in [-0.3, -0.25) is 9.97 Å². The van der Waals surface area contributed by atoms with Gasteiger partial charge in [0.05, 0.1) is 16.4 Å². The Balaban J connectivity index is 2.86. The maximum Gasteiger partial charge on any atom is 0.0788 e. The van der Waals surface area contributed by atoms with Crippen LogP contribution in [0.2, 0.25) is 0 Å². The second-order valence-electron chi connectivity index (χ2n) is 2.23. The summed E-state index contributed by atoms with van der Waals surface area (Å²) in [5.74, 6) is 0. The second kappa shape index (κ2) is 3.39. The van der Waals surface area contributed by atoms with E-state index in [2.05, 4.69) is 9.97 Å². The van der Waals surface area contributed by atoms with Crippen molar-refractivity contribution in [2.24, 2.45) is 5.73 Å². The molecule has 4 heteroatoms. The summed E-state index contributed by atoms with van der Waals surface area (Å²) in [7, 11) is 0. The normalized spacial score (nSPS) is 9.55. The molecule has 0 aliphatic carbocycles. The molecule has 0 aliphatic rings. The highest BCUT2D eigenvalue weighted by Crippen LogP contribution is 1.99. The van der Waals surface area contributed by atoms with E-state index in [4.69, 9.17) is 18.0 Å². The Labute approximate surface area is 70.7 Å². The molecule has 0 amide bonds. The third-order valence-electron chi connectivity index (χ3n) is 1.32. The molecule has 0 aromatic carbocycles. The van der Waals surface area contributed by atoms with Gasteiger partial charge < -0.3 is 5.73 Å². The van der Waals surface area contributed by atoms with Crippen molar-refractivity contribution >= 4 is 17.2 Å². The molecule has 0 saturated heterocycles. The molecule has 0 unspecified atom stereocenters. The van der Waals surface area contributed by atoms with Gasteiger partial charge in [-0.15, -0.1) is 0 Å². The zero-order chi connectivity index (χ0) is 8.27. The minimum atomic E-state index is 0.452. The number of hydrogen-bond acceptors (Lipinski definition) is 3. The smallest absolute Gasteiger partial charge is 0.0788 e. The molecule has 3 nitrogen and oxygen atoms in total. The van der Waals surface area contributed by atoms with E-state index in [0.29, 0.717) is 11.4 Å². The van der Waals surface area contributed by atoms with Gasteiger partial charge in [0.1, 0.15) is 0 Å². The fraction of sp³-hybridized carbons (Fsp3) is 0.286. The van der Waals surface area contributed by atoms with Crippen molar-refractivity contribution in [3.05, 3.63) is 23.8 Å². The molecule has 0 atom stereocenters. The molecule has 0 fully saturated rings. The second-order valence-corrected chi connectivity index (χ2v) is 2.76. The molecule has 0 spiro atoms. The number of nitrogens with two attached hydrogens (primary N) is 1. The van der Waals surface area contributed by atoms with Crippen molar-refractivity contribution in [2.45, 2.75) is 13.3 Å². The third kappa shape index (κ3) is 2.23. The molecule has 11 heavy (non-hydrogen) atoms. The molecule has 0 radical (unpaired) electrons. The van der Waals surface area contributed by atoms with Crippen molar-refractivity contribution in [1.82, 2.24) is 9.97 Å². The lowest BCUT2D eigenvalue weighted by Gasteiger charge is -1.99. The van der Waals surface area contributed by atoms with Crippen molar-refractivity contribution in [3.63, 3.8) is 0 Å². The summed E-state index contributed by atoms with van der Waals surface area (Å²) in [6, 6.07) is 0. The predicted octanol–water partition coefficient (Wildman–Crippen LogP) is 0.614. The van der Waals surface area contributed by atoms with Gasteiger partial charge in [0.2, 0.25) is 0 Å². The van der Waals surface area contributed by atoms with Gasteiger partial charge in [0.25, 0.3) is 0 Å². The molecule has 1 aromatic heterocycles. The van der Waals surface area contributed by atoms with E-state index >= 15 is 0 Å². The zero-order valence-electron chi connectivity index (χ0n) is 6.24. The average Bonchev–Trinajstić information content (AvgIpc) is 1.93. The van der Waals surface area contributed by atoms with Gasteiger partial charge in [-0.2, -0.15) is 0 Å². The summed E-state index contributed by atoms with van der Waals surface area (Å²) >= 11 is 4.75. The number of rotatable bonds is 2. The largest absolute Gasteiger partial charge is 0.393 e. The number of nitrogens with zero attached hydrogens (tertiary/aromatic N) is 2. The van der Waals surface area contributed by atoms with E-state index in [1.807, 2.05) is 6.92 Å². The van der Waals surface area contributed by atoms with E-state index in [9.17, 15) is 0 Å². The van der Waals surface area contributed by atoms with Crippen molar-refractivity contribution in [1.29, 1.82) is 0 Å². The Morgan fingerprint density at radius 2 is 2.18 bits per heavy atom. The summed E-state index contributed by atoms with van der Waals surface area (Å²) in [5, 5.41) is 0. The zero-order valence-corrected chi connectivity index (χ0v) is 7.06. The van der Waals surface area contributed by atoms with Gasteiger partial charge >= 0.3 is 0 Å². The van der Waals surface area contributed by atoms with E-state index in [-0.39, 0.29) is 0 Å². The predicted molar refractivity (Wildman–Crippen MR) is 47.3 cm³/mol. The molecule has 0 saturated carbocycles. The summed E-state index contributed by atoms with van der Waals surface area (Å²) in [5.41, 5.74) is 7.11. The monoisotopic (exact) mass is 167 g/mol. The highest BCUT2D eigenvalue weighted by Gasteiger charge is 2.00. The lowest BCUT2D eigenvalue weighted by Crippen LogP contribution is -2.13. The summed E-state index contributed by atoms with van der Waals surface area (Å²) in [6.45, 7) is 1.89. The first-order valence-electron chi connectivity index (χ1n) is 3.25. The fourth-order valence-corrected chi connectivity index (χ4v) is 0.912. The number of aryl methyl sites for hydroxylation is 1. The third-order valence-corrected chi connectivity index (χ3v) is 1.47. The van der Waals surface area contributed by atoms with Gasteiger partial charge in [-0.05, 0) is 6.92 Å². The first-order chi connectivity index (χ1) is 5.20. The molecule has 0 aliphatic heterocycles. The Morgan fingerprint density at radius 3 is 2.73 bits per heavy atom. The van der Waals surface area contributed by atoms with Crippen LogP contribution in [0, 0.1) is 6.92 Å². The van der Waals surface area contributed by atoms with Gasteiger partial charge in [0.15, 0.2) is 0 Å². The van der Waals surface area contributed by atoms with Crippen LogP contribution in [-0.2, 0) is 6.42 Å². The molecule has 1 aromatic rings. The van der Waals surface area contributed by atoms with Crippen molar-refractivity contribution in [3.8, 4) is 0 Å².